The Kier molecular flexibility index (Phi) is 5.36. The Morgan fingerprint density at radius 1 is 1.25 bits per heavy atom. The van der Waals surface area contributed by atoms with Gasteiger partial charge in [0.05, 0.1) is 5.41 Å². The predicted molar refractivity (Wildman–Crippen MR) is 102 cm³/mol. The number of nitrogens with zero attached hydrogens (tertiary/aromatic N) is 1. The summed E-state index contributed by atoms with van der Waals surface area (Å²) >= 11 is 3.47. The number of piperidine rings is 1. The van der Waals surface area contributed by atoms with Crippen molar-refractivity contribution < 1.29 is 4.79 Å². The van der Waals surface area contributed by atoms with Crippen LogP contribution in [0.2, 0.25) is 0 Å². The molecule has 1 aromatic rings. The van der Waals surface area contributed by atoms with Gasteiger partial charge in [-0.25, -0.2) is 0 Å². The second-order valence-electron chi connectivity index (χ2n) is 8.13. The second-order valence-corrected chi connectivity index (χ2v) is 9.04. The van der Waals surface area contributed by atoms with E-state index in [0.29, 0.717) is 0 Å². The van der Waals surface area contributed by atoms with Crippen molar-refractivity contribution in [3.05, 3.63) is 34.3 Å². The van der Waals surface area contributed by atoms with Crippen molar-refractivity contribution in [2.75, 3.05) is 19.6 Å². The Morgan fingerprint density at radius 3 is 2.38 bits per heavy atom. The molecule has 0 unspecified atom stereocenters. The van der Waals surface area contributed by atoms with Crippen molar-refractivity contribution in [3.63, 3.8) is 0 Å². The topological polar surface area (TPSA) is 32.3 Å². The molecule has 24 heavy (non-hydrogen) atoms. The third-order valence-corrected chi connectivity index (χ3v) is 5.96. The fraction of sp³-hybridized carbons (Fsp3) is 0.650. The van der Waals surface area contributed by atoms with Gasteiger partial charge >= 0.3 is 0 Å². The SMILES string of the molecule is C[C@@H]1C[C@H](C)CN(C[C@H](C)NC(=O)C2(c3ccc(Br)cc3)CC2)C1. The van der Waals surface area contributed by atoms with Crippen LogP contribution in [0.4, 0.5) is 0 Å². The zero-order chi connectivity index (χ0) is 17.3. The lowest BCUT2D eigenvalue weighted by Crippen LogP contribution is -2.49. The van der Waals surface area contributed by atoms with Crippen LogP contribution < -0.4 is 5.32 Å². The predicted octanol–water partition coefficient (Wildman–Crippen LogP) is 3.96. The number of hydrogen-bond donors (Lipinski definition) is 1. The van der Waals surface area contributed by atoms with Gasteiger partial charge in [-0.05, 0) is 55.7 Å². The van der Waals surface area contributed by atoms with Crippen LogP contribution in [0.3, 0.4) is 0 Å². The lowest BCUT2D eigenvalue weighted by molar-refractivity contribution is -0.124. The van der Waals surface area contributed by atoms with E-state index < -0.39 is 0 Å². The number of carbonyl (C=O) groups excluding carboxylic acids is 1. The van der Waals surface area contributed by atoms with Crippen LogP contribution in [0.1, 0.15) is 45.6 Å². The van der Waals surface area contributed by atoms with Gasteiger partial charge < -0.3 is 10.2 Å². The molecule has 1 saturated carbocycles. The molecule has 0 bridgehead atoms. The summed E-state index contributed by atoms with van der Waals surface area (Å²) in [6.07, 6.45) is 3.25. The number of rotatable bonds is 5. The lowest BCUT2D eigenvalue weighted by atomic mass is 9.91. The third-order valence-electron chi connectivity index (χ3n) is 5.44. The molecule has 3 nitrogen and oxygen atoms in total. The van der Waals surface area contributed by atoms with Crippen LogP contribution in [0.15, 0.2) is 28.7 Å². The Bertz CT molecular complexity index is 572. The van der Waals surface area contributed by atoms with Crippen molar-refractivity contribution in [1.82, 2.24) is 10.2 Å². The summed E-state index contributed by atoms with van der Waals surface area (Å²) in [5.74, 6) is 1.72. The second kappa shape index (κ2) is 7.17. The molecule has 3 rings (SSSR count). The van der Waals surface area contributed by atoms with E-state index in [1.165, 1.54) is 6.42 Å². The molecule has 0 spiro atoms. The van der Waals surface area contributed by atoms with Gasteiger partial charge in [0.1, 0.15) is 0 Å². The number of carbonyl (C=O) groups is 1. The molecule has 0 radical (unpaired) electrons. The first kappa shape index (κ1) is 17.9. The monoisotopic (exact) mass is 392 g/mol. The van der Waals surface area contributed by atoms with Gasteiger partial charge in [-0.15, -0.1) is 0 Å². The highest BCUT2D eigenvalue weighted by Crippen LogP contribution is 2.48. The molecular formula is C20H29BrN2O. The first-order chi connectivity index (χ1) is 11.4. The van der Waals surface area contributed by atoms with E-state index in [0.717, 1.165) is 54.3 Å². The minimum atomic E-state index is -0.280. The van der Waals surface area contributed by atoms with E-state index in [-0.39, 0.29) is 17.4 Å². The molecule has 1 amide bonds. The summed E-state index contributed by atoms with van der Waals surface area (Å²) in [5.41, 5.74) is 0.868. The van der Waals surface area contributed by atoms with Crippen molar-refractivity contribution >= 4 is 21.8 Å². The molecule has 0 aromatic heterocycles. The number of halogens is 1. The van der Waals surface area contributed by atoms with Gasteiger partial charge in [-0.2, -0.15) is 0 Å². The van der Waals surface area contributed by atoms with E-state index >= 15 is 0 Å². The molecule has 1 aliphatic carbocycles. The Labute approximate surface area is 154 Å². The molecule has 4 heteroatoms. The fourth-order valence-corrected chi connectivity index (χ4v) is 4.54. The molecule has 2 aliphatic rings. The summed E-state index contributed by atoms with van der Waals surface area (Å²) in [4.78, 5) is 15.4. The van der Waals surface area contributed by atoms with E-state index in [1.807, 2.05) is 12.1 Å². The van der Waals surface area contributed by atoms with Crippen molar-refractivity contribution in [2.24, 2.45) is 11.8 Å². The van der Waals surface area contributed by atoms with Gasteiger partial charge in [0, 0.05) is 30.1 Å². The number of hydrogen-bond acceptors (Lipinski definition) is 2. The number of benzene rings is 1. The Balaban J connectivity index is 1.57. The number of amides is 1. The lowest BCUT2D eigenvalue weighted by Gasteiger charge is -2.36. The number of nitrogens with one attached hydrogen (secondary N) is 1. The van der Waals surface area contributed by atoms with Crippen LogP contribution in [0.25, 0.3) is 0 Å². The first-order valence-corrected chi connectivity index (χ1v) is 9.98. The van der Waals surface area contributed by atoms with Crippen molar-refractivity contribution in [3.8, 4) is 0 Å². The van der Waals surface area contributed by atoms with Gasteiger partial charge in [-0.1, -0.05) is 41.9 Å². The summed E-state index contributed by atoms with van der Waals surface area (Å²) in [6.45, 7) is 10.1. The molecule has 132 valence electrons. The highest BCUT2D eigenvalue weighted by atomic mass is 79.9. The summed E-state index contributed by atoms with van der Waals surface area (Å²) in [5, 5.41) is 3.28. The summed E-state index contributed by atoms with van der Waals surface area (Å²) in [7, 11) is 0. The maximum atomic E-state index is 12.9. The summed E-state index contributed by atoms with van der Waals surface area (Å²) in [6, 6.07) is 8.42. The minimum absolute atomic E-state index is 0.197. The molecule has 1 N–H and O–H groups in total. The number of likely N-dealkylation sites (tertiary alicyclic amines) is 1. The zero-order valence-electron chi connectivity index (χ0n) is 15.0. The van der Waals surface area contributed by atoms with Gasteiger partial charge in [0.2, 0.25) is 5.91 Å². The zero-order valence-corrected chi connectivity index (χ0v) is 16.6. The fourth-order valence-electron chi connectivity index (χ4n) is 4.28. The molecular weight excluding hydrogens is 364 g/mol. The smallest absolute Gasteiger partial charge is 0.230 e. The quantitative estimate of drug-likeness (QED) is 0.821. The first-order valence-electron chi connectivity index (χ1n) is 9.18. The molecule has 1 aliphatic heterocycles. The minimum Gasteiger partial charge on any atom is -0.352 e. The van der Waals surface area contributed by atoms with Crippen LogP contribution in [-0.4, -0.2) is 36.5 Å². The molecule has 3 atom stereocenters. The Morgan fingerprint density at radius 2 is 1.83 bits per heavy atom. The van der Waals surface area contributed by atoms with Crippen LogP contribution in [-0.2, 0) is 10.2 Å². The normalized spacial score (nSPS) is 27.5. The largest absolute Gasteiger partial charge is 0.352 e. The maximum Gasteiger partial charge on any atom is 0.230 e. The van der Waals surface area contributed by atoms with Crippen LogP contribution >= 0.6 is 15.9 Å². The van der Waals surface area contributed by atoms with E-state index in [2.05, 4.69) is 59.1 Å². The molecule has 1 heterocycles. The van der Waals surface area contributed by atoms with E-state index in [9.17, 15) is 4.79 Å². The van der Waals surface area contributed by atoms with Crippen molar-refractivity contribution in [1.29, 1.82) is 0 Å². The highest BCUT2D eigenvalue weighted by molar-refractivity contribution is 9.10. The summed E-state index contributed by atoms with van der Waals surface area (Å²) < 4.78 is 1.06. The maximum absolute atomic E-state index is 12.9. The van der Waals surface area contributed by atoms with Gasteiger partial charge in [0.25, 0.3) is 0 Å². The van der Waals surface area contributed by atoms with E-state index in [1.54, 1.807) is 0 Å². The molecule has 2 fully saturated rings. The van der Waals surface area contributed by atoms with Crippen LogP contribution in [0, 0.1) is 11.8 Å². The van der Waals surface area contributed by atoms with Crippen molar-refractivity contribution in [2.45, 2.75) is 51.5 Å². The van der Waals surface area contributed by atoms with Gasteiger partial charge in [-0.3, -0.25) is 4.79 Å². The van der Waals surface area contributed by atoms with E-state index in [4.69, 9.17) is 0 Å². The van der Waals surface area contributed by atoms with Gasteiger partial charge in [0.15, 0.2) is 0 Å². The average molecular weight is 393 g/mol. The van der Waals surface area contributed by atoms with Crippen LogP contribution in [0.5, 0.6) is 0 Å². The highest BCUT2D eigenvalue weighted by Gasteiger charge is 2.51. The Hall–Kier alpha value is -0.870. The average Bonchev–Trinajstić information content (AvgIpc) is 3.28. The molecule has 1 saturated heterocycles. The molecule has 1 aromatic carbocycles. The third kappa shape index (κ3) is 4.02. The standard InChI is InChI=1S/C20H29BrN2O/c1-14-10-15(2)12-23(11-14)13-16(3)22-19(24)20(8-9-20)17-4-6-18(21)7-5-17/h4-7,14-16H,8-13H2,1-3H3,(H,22,24)/t14-,15+,16-/m0/s1.